The van der Waals surface area contributed by atoms with E-state index in [1.807, 2.05) is 18.6 Å². The van der Waals surface area contributed by atoms with Crippen LogP contribution in [0.15, 0.2) is 469 Å². The predicted molar refractivity (Wildman–Crippen MR) is 541 cm³/mol. The van der Waals surface area contributed by atoms with E-state index >= 15 is 0 Å². The van der Waals surface area contributed by atoms with E-state index in [0.717, 1.165) is 122 Å². The van der Waals surface area contributed by atoms with Crippen molar-refractivity contribution in [1.82, 2.24) is 15.0 Å². The Morgan fingerprint density at radius 1 is 0.147 bits per heavy atom. The topological polar surface area (TPSA) is 78.1 Å². The predicted octanol–water partition coefficient (Wildman–Crippen LogP) is 34.3. The van der Waals surface area contributed by atoms with E-state index in [4.69, 9.17) is 28.2 Å². The molecule has 0 N–H and O–H groups in total. The van der Waals surface area contributed by atoms with Crippen LogP contribution in [0.25, 0.3) is 263 Å². The maximum Gasteiger partial charge on any atom is 0.143 e. The van der Waals surface area contributed by atoms with Gasteiger partial charge in [0.1, 0.15) is 33.5 Å². The number of para-hydroxylation sites is 1. The van der Waals surface area contributed by atoms with E-state index in [1.54, 1.807) is 0 Å². The van der Waals surface area contributed by atoms with Crippen LogP contribution in [-0.4, -0.2) is 15.0 Å². The first-order chi connectivity index (χ1) is 64.0. The highest BCUT2D eigenvalue weighted by molar-refractivity contribution is 6.27. The van der Waals surface area contributed by atoms with Gasteiger partial charge in [0.05, 0.1) is 17.1 Å². The molecule has 0 aliphatic carbocycles. The SMILES string of the molecule is c1ccc(-c2c3ccccc3c(-c3ccc(-c4ccc5c(c4)oc4ccc6ccccc6c45)cn3)c3ccccc23)cc1.c1ccc(-c2c3ccccc3c(-c3ccc(-c4ccc5oc6ccc7ccccc7c6c5c4)cn3)c3ccccc23)cc1.c1ccc(-c2c3ccccc3c(-c3ccc(-c4cccc5c4oc4ccc6ccccc6c45)cn3)c3ccccc23)cc1. The molecule has 6 heterocycles. The minimum Gasteiger partial charge on any atom is -0.456 e. The molecule has 0 spiro atoms. The molecule has 6 nitrogen and oxygen atoms in total. The lowest BCUT2D eigenvalue weighted by Gasteiger charge is -2.17. The van der Waals surface area contributed by atoms with Gasteiger partial charge < -0.3 is 13.3 Å². The highest BCUT2D eigenvalue weighted by Gasteiger charge is 2.24. The van der Waals surface area contributed by atoms with Crippen molar-refractivity contribution in [2.75, 3.05) is 0 Å². The third kappa shape index (κ3) is 12.6. The Morgan fingerprint density at radius 3 is 0.814 bits per heavy atom. The molecule has 0 radical (unpaired) electrons. The number of hydrogen-bond acceptors (Lipinski definition) is 6. The van der Waals surface area contributed by atoms with Crippen molar-refractivity contribution in [2.24, 2.45) is 0 Å². The normalized spacial score (nSPS) is 11.7. The Kier molecular flexibility index (Phi) is 17.9. The van der Waals surface area contributed by atoms with Crippen molar-refractivity contribution in [3.05, 3.63) is 455 Å². The van der Waals surface area contributed by atoms with E-state index in [1.165, 1.54) is 141 Å². The maximum atomic E-state index is 6.50. The van der Waals surface area contributed by atoms with E-state index in [-0.39, 0.29) is 0 Å². The third-order valence-electron chi connectivity index (χ3n) is 26.1. The molecule has 0 bridgehead atoms. The van der Waals surface area contributed by atoms with Crippen molar-refractivity contribution in [2.45, 2.75) is 0 Å². The molecule has 0 aliphatic heterocycles. The minimum atomic E-state index is 0.890. The van der Waals surface area contributed by atoms with Crippen molar-refractivity contribution in [3.8, 4) is 101 Å². The first-order valence-electron chi connectivity index (χ1n) is 43.9. The van der Waals surface area contributed by atoms with Gasteiger partial charge in [-0.2, -0.15) is 0 Å². The van der Waals surface area contributed by atoms with Crippen molar-refractivity contribution in [3.63, 3.8) is 0 Å². The number of benzene rings is 21. The molecule has 21 aromatic carbocycles. The molecule has 27 aromatic rings. The van der Waals surface area contributed by atoms with Crippen LogP contribution < -0.4 is 0 Å². The number of fused-ring (bicyclic) bond motifs is 21. The zero-order chi connectivity index (χ0) is 85.0. The monoisotopic (exact) mass is 1640 g/mol. The number of furan rings is 3. The van der Waals surface area contributed by atoms with Gasteiger partial charge in [0.2, 0.25) is 0 Å². The van der Waals surface area contributed by atoms with Crippen LogP contribution in [0.1, 0.15) is 0 Å². The molecule has 0 amide bonds. The van der Waals surface area contributed by atoms with Gasteiger partial charge in [-0.05, 0) is 202 Å². The first-order valence-corrected chi connectivity index (χ1v) is 43.9. The van der Waals surface area contributed by atoms with Gasteiger partial charge in [0.15, 0.2) is 0 Å². The molecular weight excluding hydrogens is 1570 g/mol. The molecule has 6 aromatic heterocycles. The number of rotatable bonds is 9. The molecule has 0 unspecified atom stereocenters. The van der Waals surface area contributed by atoms with Crippen molar-refractivity contribution < 1.29 is 13.3 Å². The zero-order valence-electron chi connectivity index (χ0n) is 69.9. The number of hydrogen-bond donors (Lipinski definition) is 0. The highest BCUT2D eigenvalue weighted by Crippen LogP contribution is 2.50. The summed E-state index contributed by atoms with van der Waals surface area (Å²) in [7, 11) is 0. The standard InChI is InChI=1S/3C41H25NO/c1-2-12-27(13-3-1)38-31-15-6-8-17-33(31)39(34-18-9-7-16-32(34)38)36-23-21-28(25-42-36)30-19-10-20-35-40-29-14-5-4-11-26(29)22-24-37(40)43-41(30)35;1-2-11-27(12-3-1)39-31-14-6-8-16-33(31)40(34-17-9-7-15-32(34)39)36-21-18-29(25-42-36)28-20-22-37-35(24-28)41-30-13-5-4-10-26(30)19-23-38(41)43-37;1-2-11-27(12-3-1)39-31-14-6-8-16-33(31)40(34-17-9-7-15-32(34)39)36-22-19-29(25-42-36)28-18-21-35-38(24-28)43-37-23-20-26-10-4-5-13-30(26)41(35)37/h3*1-25H. The summed E-state index contributed by atoms with van der Waals surface area (Å²) in [5, 5.41) is 28.8. The van der Waals surface area contributed by atoms with E-state index in [2.05, 4.69) is 437 Å². The Labute approximate surface area is 741 Å². The molecule has 600 valence electrons. The van der Waals surface area contributed by atoms with Gasteiger partial charge in [-0.15, -0.1) is 0 Å². The van der Waals surface area contributed by atoms with Crippen LogP contribution >= 0.6 is 0 Å². The van der Waals surface area contributed by atoms with Gasteiger partial charge in [0.25, 0.3) is 0 Å². The molecule has 129 heavy (non-hydrogen) atoms. The average molecular weight is 1640 g/mol. The fourth-order valence-corrected chi connectivity index (χ4v) is 20.3. The van der Waals surface area contributed by atoms with Gasteiger partial charge in [-0.3, -0.25) is 15.0 Å². The van der Waals surface area contributed by atoms with Crippen LogP contribution in [0, 0.1) is 0 Å². The summed E-state index contributed by atoms with van der Waals surface area (Å²) in [6.45, 7) is 0. The summed E-state index contributed by atoms with van der Waals surface area (Å²) < 4.78 is 19.1. The zero-order valence-corrected chi connectivity index (χ0v) is 69.9. The van der Waals surface area contributed by atoms with Crippen LogP contribution in [0.5, 0.6) is 0 Å². The van der Waals surface area contributed by atoms with Crippen molar-refractivity contribution in [1.29, 1.82) is 0 Å². The molecule has 27 rings (SSSR count). The van der Waals surface area contributed by atoms with Crippen LogP contribution in [0.3, 0.4) is 0 Å². The molecule has 0 saturated carbocycles. The lowest BCUT2D eigenvalue weighted by Crippen LogP contribution is -1.92. The fraction of sp³-hybridized carbons (Fsp3) is 0. The Balaban J connectivity index is 0.000000105. The third-order valence-corrected chi connectivity index (χ3v) is 26.1. The quantitative estimate of drug-likeness (QED) is 0.134. The van der Waals surface area contributed by atoms with E-state index < -0.39 is 0 Å². The van der Waals surface area contributed by atoms with E-state index in [0.29, 0.717) is 0 Å². The number of nitrogens with zero attached hydrogens (tertiary/aromatic N) is 3. The summed E-state index contributed by atoms with van der Waals surface area (Å²) in [5.41, 5.74) is 25.7. The van der Waals surface area contributed by atoms with E-state index in [9.17, 15) is 0 Å². The summed E-state index contributed by atoms with van der Waals surface area (Å²) in [6, 6.07) is 155. The Hall–Kier alpha value is -17.2. The van der Waals surface area contributed by atoms with Gasteiger partial charge in [-0.25, -0.2) is 0 Å². The summed E-state index contributed by atoms with van der Waals surface area (Å²) in [5.74, 6) is 0. The van der Waals surface area contributed by atoms with Crippen LogP contribution in [-0.2, 0) is 0 Å². The summed E-state index contributed by atoms with van der Waals surface area (Å²) in [6.07, 6.45) is 5.98. The molecule has 0 atom stereocenters. The minimum absolute atomic E-state index is 0.890. The second-order valence-corrected chi connectivity index (χ2v) is 33.3. The second kappa shape index (κ2) is 30.9. The Morgan fingerprint density at radius 2 is 0.434 bits per heavy atom. The van der Waals surface area contributed by atoms with Gasteiger partial charge in [-0.1, -0.05) is 376 Å². The van der Waals surface area contributed by atoms with Crippen molar-refractivity contribution >= 4 is 163 Å². The lowest BCUT2D eigenvalue weighted by molar-refractivity contribution is 0.669. The highest BCUT2D eigenvalue weighted by atomic mass is 16.3. The lowest BCUT2D eigenvalue weighted by atomic mass is 9.87. The number of aromatic nitrogens is 3. The molecular formula is C123H75N3O3. The molecule has 6 heteroatoms. The molecule has 0 saturated heterocycles. The fourth-order valence-electron chi connectivity index (χ4n) is 20.3. The second-order valence-electron chi connectivity index (χ2n) is 33.3. The summed E-state index contributed by atoms with van der Waals surface area (Å²) >= 11 is 0. The summed E-state index contributed by atoms with van der Waals surface area (Å²) in [4.78, 5) is 15.2. The largest absolute Gasteiger partial charge is 0.456 e. The van der Waals surface area contributed by atoms with Gasteiger partial charge >= 0.3 is 0 Å². The first kappa shape index (κ1) is 74.4. The molecule has 0 aliphatic rings. The molecule has 0 fully saturated rings. The average Bonchev–Trinajstić information content (AvgIpc) is 1.66. The van der Waals surface area contributed by atoms with Gasteiger partial charge in [0, 0.05) is 89.9 Å². The van der Waals surface area contributed by atoms with Crippen LogP contribution in [0.2, 0.25) is 0 Å². The Bertz CT molecular complexity index is 8930. The smallest absolute Gasteiger partial charge is 0.143 e. The maximum absolute atomic E-state index is 6.50. The number of pyridine rings is 3. The van der Waals surface area contributed by atoms with Crippen LogP contribution in [0.4, 0.5) is 0 Å².